The lowest BCUT2D eigenvalue weighted by Gasteiger charge is -2.18. The summed E-state index contributed by atoms with van der Waals surface area (Å²) in [5.74, 6) is 0. The first-order valence-electron chi connectivity index (χ1n) is 4.75. The third-order valence-corrected chi connectivity index (χ3v) is 3.77. The quantitative estimate of drug-likeness (QED) is 0.649. The fourth-order valence-electron chi connectivity index (χ4n) is 1.65. The summed E-state index contributed by atoms with van der Waals surface area (Å²) in [6.07, 6.45) is 7.25. The minimum atomic E-state index is 0.748. The van der Waals surface area contributed by atoms with Crippen molar-refractivity contribution in [1.29, 1.82) is 0 Å². The van der Waals surface area contributed by atoms with Gasteiger partial charge in [0.05, 0.1) is 11.4 Å². The maximum atomic E-state index is 5.94. The highest BCUT2D eigenvalue weighted by molar-refractivity contribution is 8.04. The van der Waals surface area contributed by atoms with Crippen LogP contribution in [0, 0.1) is 0 Å². The van der Waals surface area contributed by atoms with Gasteiger partial charge in [-0.05, 0) is 24.3 Å². The summed E-state index contributed by atoms with van der Waals surface area (Å²) < 4.78 is 0. The molecule has 0 fully saturated rings. The third kappa shape index (κ3) is 1.64. The molecule has 0 spiro atoms. The normalized spacial score (nSPS) is 17.7. The van der Waals surface area contributed by atoms with Gasteiger partial charge >= 0.3 is 0 Å². The number of fused-ring (bicyclic) bond motifs is 2. The van der Waals surface area contributed by atoms with Crippen molar-refractivity contribution in [3.05, 3.63) is 46.4 Å². The Hall–Kier alpha value is -0.990. The SMILES string of the molecule is Clc1ccc2c(c1)N=C1CC=CC=C1S2. The number of aliphatic imine (C=N–C) groups is 1. The van der Waals surface area contributed by atoms with Crippen molar-refractivity contribution in [2.24, 2.45) is 4.99 Å². The summed E-state index contributed by atoms with van der Waals surface area (Å²) in [6.45, 7) is 0. The molecule has 1 aliphatic carbocycles. The van der Waals surface area contributed by atoms with Crippen molar-refractivity contribution < 1.29 is 0 Å². The first-order chi connectivity index (χ1) is 7.33. The molecule has 1 aliphatic heterocycles. The predicted molar refractivity (Wildman–Crippen MR) is 66.2 cm³/mol. The predicted octanol–water partition coefficient (Wildman–Crippen LogP) is 4.36. The van der Waals surface area contributed by atoms with Gasteiger partial charge in [-0.1, -0.05) is 35.5 Å². The van der Waals surface area contributed by atoms with Gasteiger partial charge in [0, 0.05) is 21.2 Å². The van der Waals surface area contributed by atoms with Crippen molar-refractivity contribution >= 4 is 34.8 Å². The van der Waals surface area contributed by atoms with Crippen LogP contribution < -0.4 is 0 Å². The van der Waals surface area contributed by atoms with Crippen molar-refractivity contribution in [3.63, 3.8) is 0 Å². The van der Waals surface area contributed by atoms with E-state index in [-0.39, 0.29) is 0 Å². The summed E-state index contributed by atoms with van der Waals surface area (Å²) >= 11 is 7.71. The number of halogens is 1. The van der Waals surface area contributed by atoms with Gasteiger partial charge in [-0.15, -0.1) is 0 Å². The van der Waals surface area contributed by atoms with Crippen molar-refractivity contribution in [2.45, 2.75) is 11.3 Å². The summed E-state index contributed by atoms with van der Waals surface area (Å²) in [5, 5.41) is 0.748. The Morgan fingerprint density at radius 2 is 2.27 bits per heavy atom. The number of allylic oxidation sites excluding steroid dienone is 4. The molecule has 1 aromatic rings. The Morgan fingerprint density at radius 3 is 3.20 bits per heavy atom. The second kappa shape index (κ2) is 3.54. The zero-order valence-corrected chi connectivity index (χ0v) is 9.48. The first-order valence-corrected chi connectivity index (χ1v) is 5.94. The van der Waals surface area contributed by atoms with E-state index >= 15 is 0 Å². The molecule has 0 unspecified atom stereocenters. The molecule has 0 radical (unpaired) electrons. The highest BCUT2D eigenvalue weighted by Gasteiger charge is 2.18. The van der Waals surface area contributed by atoms with Crippen LogP contribution in [-0.2, 0) is 0 Å². The van der Waals surface area contributed by atoms with Gasteiger partial charge < -0.3 is 0 Å². The van der Waals surface area contributed by atoms with Gasteiger partial charge in [0.2, 0.25) is 0 Å². The van der Waals surface area contributed by atoms with Crippen LogP contribution in [0.15, 0.2) is 51.2 Å². The molecule has 1 heterocycles. The van der Waals surface area contributed by atoms with E-state index in [9.17, 15) is 0 Å². The van der Waals surface area contributed by atoms with Crippen molar-refractivity contribution in [3.8, 4) is 0 Å². The van der Waals surface area contributed by atoms with Crippen LogP contribution >= 0.6 is 23.4 Å². The van der Waals surface area contributed by atoms with E-state index in [1.807, 2.05) is 18.2 Å². The number of hydrogen-bond donors (Lipinski definition) is 0. The minimum absolute atomic E-state index is 0.748. The van der Waals surface area contributed by atoms with E-state index < -0.39 is 0 Å². The Morgan fingerprint density at radius 1 is 1.33 bits per heavy atom. The van der Waals surface area contributed by atoms with Crippen LogP contribution in [0.1, 0.15) is 6.42 Å². The molecule has 74 valence electrons. The Bertz CT molecular complexity index is 514. The molecule has 0 aromatic heterocycles. The molecule has 0 atom stereocenters. The van der Waals surface area contributed by atoms with Crippen LogP contribution in [-0.4, -0.2) is 5.71 Å². The van der Waals surface area contributed by atoms with E-state index in [0.29, 0.717) is 0 Å². The second-order valence-electron chi connectivity index (χ2n) is 3.44. The molecule has 0 bridgehead atoms. The van der Waals surface area contributed by atoms with Gasteiger partial charge in [0.15, 0.2) is 0 Å². The van der Waals surface area contributed by atoms with Crippen molar-refractivity contribution in [2.75, 3.05) is 0 Å². The van der Waals surface area contributed by atoms with Crippen molar-refractivity contribution in [1.82, 2.24) is 0 Å². The zero-order chi connectivity index (χ0) is 10.3. The third-order valence-electron chi connectivity index (χ3n) is 2.38. The van der Waals surface area contributed by atoms with E-state index in [4.69, 9.17) is 11.6 Å². The van der Waals surface area contributed by atoms with E-state index in [2.05, 4.69) is 23.2 Å². The molecular formula is C12H8ClNS. The van der Waals surface area contributed by atoms with E-state index in [0.717, 1.165) is 22.8 Å². The van der Waals surface area contributed by atoms with Gasteiger partial charge in [0.1, 0.15) is 0 Å². The zero-order valence-electron chi connectivity index (χ0n) is 7.90. The maximum absolute atomic E-state index is 5.94. The monoisotopic (exact) mass is 233 g/mol. The van der Waals surface area contributed by atoms with Gasteiger partial charge in [0.25, 0.3) is 0 Å². The van der Waals surface area contributed by atoms with Crippen LogP contribution in [0.5, 0.6) is 0 Å². The summed E-state index contributed by atoms with van der Waals surface area (Å²) in [6, 6.07) is 5.86. The topological polar surface area (TPSA) is 12.4 Å². The summed E-state index contributed by atoms with van der Waals surface area (Å²) in [4.78, 5) is 7.06. The van der Waals surface area contributed by atoms with Crippen LogP contribution in [0.4, 0.5) is 5.69 Å². The number of thioether (sulfide) groups is 1. The molecule has 0 amide bonds. The van der Waals surface area contributed by atoms with Gasteiger partial charge in [-0.25, -0.2) is 0 Å². The lowest BCUT2D eigenvalue weighted by Crippen LogP contribution is -2.04. The number of rotatable bonds is 0. The summed E-state index contributed by atoms with van der Waals surface area (Å²) in [5.41, 5.74) is 2.15. The molecule has 3 heteroatoms. The number of hydrogen-bond acceptors (Lipinski definition) is 2. The fourth-order valence-corrected chi connectivity index (χ4v) is 2.80. The molecule has 2 aliphatic rings. The number of benzene rings is 1. The van der Waals surface area contributed by atoms with Gasteiger partial charge in [-0.3, -0.25) is 4.99 Å². The molecule has 0 N–H and O–H groups in total. The van der Waals surface area contributed by atoms with Gasteiger partial charge in [-0.2, -0.15) is 0 Å². The Labute approximate surface area is 97.6 Å². The average Bonchev–Trinajstić information content (AvgIpc) is 2.26. The van der Waals surface area contributed by atoms with E-state index in [1.165, 1.54) is 9.80 Å². The molecule has 0 saturated heterocycles. The molecule has 0 saturated carbocycles. The maximum Gasteiger partial charge on any atom is 0.0787 e. The first kappa shape index (κ1) is 9.25. The minimum Gasteiger partial charge on any atom is -0.251 e. The number of nitrogens with zero attached hydrogens (tertiary/aromatic N) is 1. The smallest absolute Gasteiger partial charge is 0.0787 e. The van der Waals surface area contributed by atoms with Crippen LogP contribution in [0.3, 0.4) is 0 Å². The van der Waals surface area contributed by atoms with E-state index in [1.54, 1.807) is 11.8 Å². The molecule has 15 heavy (non-hydrogen) atoms. The lowest BCUT2D eigenvalue weighted by molar-refractivity contribution is 1.31. The van der Waals surface area contributed by atoms with Crippen LogP contribution in [0.2, 0.25) is 5.02 Å². The fraction of sp³-hybridized carbons (Fsp3) is 0.0833. The highest BCUT2D eigenvalue weighted by atomic mass is 35.5. The second-order valence-corrected chi connectivity index (χ2v) is 4.96. The summed E-state index contributed by atoms with van der Waals surface area (Å²) in [7, 11) is 0. The largest absolute Gasteiger partial charge is 0.251 e. The lowest BCUT2D eigenvalue weighted by atomic mass is 10.1. The van der Waals surface area contributed by atoms with Crippen LogP contribution in [0.25, 0.3) is 0 Å². The average molecular weight is 234 g/mol. The standard InChI is InChI=1S/C12H8ClNS/c13-8-5-6-12-10(7-8)14-9-3-1-2-4-11(9)15-12/h1-2,4-7H,3H2. The molecule has 1 aromatic carbocycles. The molecule has 3 rings (SSSR count). The molecular weight excluding hydrogens is 226 g/mol. The Kier molecular flexibility index (Phi) is 2.19. The Balaban J connectivity index is 2.14. The molecule has 1 nitrogen and oxygen atoms in total. The highest BCUT2D eigenvalue weighted by Crippen LogP contribution is 2.42.